The highest BCUT2D eigenvalue weighted by Gasteiger charge is 2.24. The van der Waals surface area contributed by atoms with Gasteiger partial charge in [-0.1, -0.05) is 188 Å². The van der Waals surface area contributed by atoms with Gasteiger partial charge in [-0.25, -0.2) is 0 Å². The summed E-state index contributed by atoms with van der Waals surface area (Å²) >= 11 is 0. The minimum absolute atomic E-state index is 0.626. The van der Waals surface area contributed by atoms with Crippen LogP contribution in [0.1, 0.15) is 11.1 Å². The fourth-order valence-electron chi connectivity index (χ4n) is 10.2. The Morgan fingerprint density at radius 1 is 0.235 bits per heavy atom. The Labute approximate surface area is 396 Å². The van der Waals surface area contributed by atoms with E-state index in [2.05, 4.69) is 212 Å². The molecule has 0 bridgehead atoms. The Kier molecular flexibility index (Phi) is 9.99. The molecule has 12 rings (SSSR count). The zero-order valence-electron chi connectivity index (χ0n) is 37.0. The molecule has 0 aromatic heterocycles. The van der Waals surface area contributed by atoms with E-state index in [1.807, 2.05) is 42.5 Å². The van der Waals surface area contributed by atoms with E-state index in [9.17, 15) is 10.5 Å². The van der Waals surface area contributed by atoms with Crippen LogP contribution in [0.25, 0.3) is 122 Å². The van der Waals surface area contributed by atoms with Gasteiger partial charge in [0.25, 0.3) is 0 Å². The average molecular weight is 861 g/mol. The maximum absolute atomic E-state index is 10.6. The van der Waals surface area contributed by atoms with Gasteiger partial charge in [-0.15, -0.1) is 0 Å². The molecular formula is C66H40N2. The van der Waals surface area contributed by atoms with E-state index < -0.39 is 0 Å². The van der Waals surface area contributed by atoms with Crippen molar-refractivity contribution >= 4 is 10.8 Å². The smallest absolute Gasteiger partial charge is 0.0998 e. The summed E-state index contributed by atoms with van der Waals surface area (Å²) < 4.78 is 0. The summed E-state index contributed by atoms with van der Waals surface area (Å²) in [6.45, 7) is 0. The third-order valence-corrected chi connectivity index (χ3v) is 13.5. The zero-order valence-corrected chi connectivity index (χ0v) is 37.0. The Morgan fingerprint density at radius 3 is 1.35 bits per heavy atom. The fraction of sp³-hybridized carbons (Fsp3) is 0. The summed E-state index contributed by atoms with van der Waals surface area (Å²) in [6, 6.07) is 90.6. The van der Waals surface area contributed by atoms with Crippen LogP contribution in [-0.2, 0) is 0 Å². The number of hydrogen-bond donors (Lipinski definition) is 0. The minimum atomic E-state index is 0.626. The Balaban J connectivity index is 0.909. The molecule has 0 fully saturated rings. The third-order valence-electron chi connectivity index (χ3n) is 13.5. The van der Waals surface area contributed by atoms with Crippen LogP contribution in [0, 0.1) is 22.7 Å². The molecule has 11 aromatic rings. The first-order chi connectivity index (χ1) is 33.6. The summed E-state index contributed by atoms with van der Waals surface area (Å²) in [6.07, 6.45) is 0. The highest BCUT2D eigenvalue weighted by molar-refractivity contribution is 6.19. The molecule has 68 heavy (non-hydrogen) atoms. The molecule has 0 atom stereocenters. The highest BCUT2D eigenvalue weighted by Crippen LogP contribution is 2.51. The molecular weight excluding hydrogens is 821 g/mol. The lowest BCUT2D eigenvalue weighted by atomic mass is 9.87. The van der Waals surface area contributed by atoms with Crippen LogP contribution in [0.4, 0.5) is 0 Å². The fourth-order valence-corrected chi connectivity index (χ4v) is 10.2. The van der Waals surface area contributed by atoms with Gasteiger partial charge in [0, 0.05) is 5.56 Å². The predicted octanol–water partition coefficient (Wildman–Crippen LogP) is 17.6. The van der Waals surface area contributed by atoms with E-state index in [1.54, 1.807) is 0 Å². The van der Waals surface area contributed by atoms with Crippen LogP contribution in [0.2, 0.25) is 0 Å². The molecule has 1 aliphatic carbocycles. The average Bonchev–Trinajstić information content (AvgIpc) is 3.76. The van der Waals surface area contributed by atoms with Crippen molar-refractivity contribution in [2.24, 2.45) is 0 Å². The SMILES string of the molecule is N#Cc1ccc(-c2cccc(-c3cc(-c4ccccc4)cc(-c4cccc(-c5c(C#N)cccc5-c5cccc(-c6ccc(-c7ccc8cccc9c8c7-c7ccccc7-9)cc6)c5)c4)c3)c2)cc1. The van der Waals surface area contributed by atoms with Crippen molar-refractivity contribution in [2.45, 2.75) is 0 Å². The van der Waals surface area contributed by atoms with E-state index in [4.69, 9.17) is 0 Å². The van der Waals surface area contributed by atoms with Gasteiger partial charge >= 0.3 is 0 Å². The van der Waals surface area contributed by atoms with Crippen molar-refractivity contribution in [2.75, 3.05) is 0 Å². The monoisotopic (exact) mass is 860 g/mol. The quantitative estimate of drug-likeness (QED) is 0.153. The van der Waals surface area contributed by atoms with Crippen molar-refractivity contribution < 1.29 is 0 Å². The van der Waals surface area contributed by atoms with Crippen molar-refractivity contribution in [3.05, 3.63) is 254 Å². The van der Waals surface area contributed by atoms with Crippen LogP contribution in [0.3, 0.4) is 0 Å². The van der Waals surface area contributed by atoms with E-state index in [0.29, 0.717) is 11.1 Å². The van der Waals surface area contributed by atoms with Gasteiger partial charge in [0.2, 0.25) is 0 Å². The van der Waals surface area contributed by atoms with Crippen LogP contribution in [-0.4, -0.2) is 0 Å². The summed E-state index contributed by atoms with van der Waals surface area (Å²) in [5.41, 5.74) is 23.8. The molecule has 0 radical (unpaired) electrons. The van der Waals surface area contributed by atoms with Gasteiger partial charge in [0.1, 0.15) is 0 Å². The second kappa shape index (κ2) is 16.9. The topological polar surface area (TPSA) is 47.6 Å². The normalized spacial score (nSPS) is 11.2. The molecule has 0 amide bonds. The lowest BCUT2D eigenvalue weighted by Crippen LogP contribution is -1.92. The lowest BCUT2D eigenvalue weighted by molar-refractivity contribution is 1.47. The second-order valence-electron chi connectivity index (χ2n) is 17.5. The van der Waals surface area contributed by atoms with Gasteiger partial charge < -0.3 is 0 Å². The summed E-state index contributed by atoms with van der Waals surface area (Å²) in [5, 5.41) is 22.6. The second-order valence-corrected chi connectivity index (χ2v) is 17.5. The van der Waals surface area contributed by atoms with Crippen molar-refractivity contribution in [3.8, 4) is 123 Å². The third kappa shape index (κ3) is 7.15. The van der Waals surface area contributed by atoms with Crippen molar-refractivity contribution in [3.63, 3.8) is 0 Å². The number of nitrogens with zero attached hydrogens (tertiary/aromatic N) is 2. The minimum Gasteiger partial charge on any atom is -0.192 e. The molecule has 2 nitrogen and oxygen atoms in total. The Bertz CT molecular complexity index is 3850. The first kappa shape index (κ1) is 40.2. The van der Waals surface area contributed by atoms with Gasteiger partial charge in [-0.3, -0.25) is 0 Å². The standard InChI is InChI=1S/C66H40N2/c67-41-43-25-27-45(28-26-43)49-14-6-16-51(35-49)57-38-56(44-11-2-1-3-12-44)39-58(40-57)52-17-8-19-54(37-52)64-55(42-68)20-10-23-59(64)53-18-7-15-50(36-53)46-29-31-47(32-30-46)60-34-33-48-13-9-24-62-61-21-4-5-22-63(61)66(60)65(48)62/h1-40H. The van der Waals surface area contributed by atoms with Crippen LogP contribution >= 0.6 is 0 Å². The number of rotatable bonds is 8. The molecule has 314 valence electrons. The molecule has 2 heteroatoms. The van der Waals surface area contributed by atoms with E-state index in [-0.39, 0.29) is 0 Å². The number of hydrogen-bond acceptors (Lipinski definition) is 2. The maximum atomic E-state index is 10.6. The van der Waals surface area contributed by atoms with Gasteiger partial charge in [-0.05, 0) is 171 Å². The van der Waals surface area contributed by atoms with Crippen LogP contribution in [0.15, 0.2) is 243 Å². The first-order valence-electron chi connectivity index (χ1n) is 22.9. The number of benzene rings is 11. The molecule has 0 spiro atoms. The van der Waals surface area contributed by atoms with Gasteiger partial charge in [0.15, 0.2) is 0 Å². The highest BCUT2D eigenvalue weighted by atomic mass is 14.3. The van der Waals surface area contributed by atoms with Gasteiger partial charge in [-0.2, -0.15) is 10.5 Å². The molecule has 0 aliphatic heterocycles. The molecule has 1 aliphatic rings. The zero-order chi connectivity index (χ0) is 45.6. The summed E-state index contributed by atoms with van der Waals surface area (Å²) in [7, 11) is 0. The molecule has 0 heterocycles. The van der Waals surface area contributed by atoms with Gasteiger partial charge in [0.05, 0.1) is 23.3 Å². The Hall–Kier alpha value is -9.34. The molecule has 0 N–H and O–H groups in total. The van der Waals surface area contributed by atoms with E-state index in [1.165, 1.54) is 44.2 Å². The number of nitriles is 2. The largest absolute Gasteiger partial charge is 0.192 e. The Morgan fingerprint density at radius 2 is 0.676 bits per heavy atom. The van der Waals surface area contributed by atoms with Crippen molar-refractivity contribution in [1.82, 2.24) is 0 Å². The lowest BCUT2D eigenvalue weighted by Gasteiger charge is -2.16. The molecule has 0 saturated carbocycles. The predicted molar refractivity (Wildman–Crippen MR) is 281 cm³/mol. The number of fused-ring (bicyclic) bond motifs is 3. The first-order valence-corrected chi connectivity index (χ1v) is 22.9. The van der Waals surface area contributed by atoms with E-state index >= 15 is 0 Å². The summed E-state index contributed by atoms with van der Waals surface area (Å²) in [5.74, 6) is 0. The van der Waals surface area contributed by atoms with Crippen molar-refractivity contribution in [1.29, 1.82) is 10.5 Å². The van der Waals surface area contributed by atoms with Crippen LogP contribution in [0.5, 0.6) is 0 Å². The van der Waals surface area contributed by atoms with E-state index in [0.717, 1.165) is 77.9 Å². The summed E-state index contributed by atoms with van der Waals surface area (Å²) in [4.78, 5) is 0. The molecule has 0 saturated heterocycles. The van der Waals surface area contributed by atoms with Crippen LogP contribution < -0.4 is 0 Å². The molecule has 11 aromatic carbocycles. The maximum Gasteiger partial charge on any atom is 0.0998 e. The molecule has 0 unspecified atom stereocenters.